The molecule has 0 spiro atoms. The highest BCUT2D eigenvalue weighted by Crippen LogP contribution is 2.25. The summed E-state index contributed by atoms with van der Waals surface area (Å²) in [6, 6.07) is 15.4. The zero-order chi connectivity index (χ0) is 22.1. The van der Waals surface area contributed by atoms with Crippen LogP contribution >= 0.6 is 0 Å². The van der Waals surface area contributed by atoms with E-state index in [9.17, 15) is 5.11 Å². The Labute approximate surface area is 184 Å². The first-order valence-corrected chi connectivity index (χ1v) is 10.5. The lowest BCUT2D eigenvalue weighted by atomic mass is 10.1. The molecular weight excluding hydrogens is 394 g/mol. The molecule has 1 atom stereocenters. The molecule has 0 radical (unpaired) electrons. The van der Waals surface area contributed by atoms with E-state index in [4.69, 9.17) is 19.5 Å². The van der Waals surface area contributed by atoms with Gasteiger partial charge in [-0.2, -0.15) is 5.26 Å². The summed E-state index contributed by atoms with van der Waals surface area (Å²) < 4.78 is 16.5. The molecule has 7 nitrogen and oxygen atoms in total. The Kier molecular flexibility index (Phi) is 8.53. The van der Waals surface area contributed by atoms with Gasteiger partial charge in [0.15, 0.2) is 0 Å². The van der Waals surface area contributed by atoms with E-state index in [1.807, 2.05) is 42.5 Å². The van der Waals surface area contributed by atoms with Gasteiger partial charge >= 0.3 is 0 Å². The van der Waals surface area contributed by atoms with Crippen molar-refractivity contribution in [2.45, 2.75) is 19.1 Å². The molecule has 3 rings (SSSR count). The first kappa shape index (κ1) is 22.9. The van der Waals surface area contributed by atoms with Gasteiger partial charge in [0, 0.05) is 44.8 Å². The third-order valence-electron chi connectivity index (χ3n) is 5.46. The smallest absolute Gasteiger partial charge is 0.123 e. The quantitative estimate of drug-likeness (QED) is 0.626. The van der Waals surface area contributed by atoms with Crippen molar-refractivity contribution in [1.82, 2.24) is 9.80 Å². The number of ether oxygens (including phenoxy) is 3. The van der Waals surface area contributed by atoms with Crippen LogP contribution in [0.2, 0.25) is 0 Å². The van der Waals surface area contributed by atoms with Crippen LogP contribution in [0.25, 0.3) is 0 Å². The SMILES string of the molecule is COc1ccc(OC)c(CN2CCN(CC(O)COc3ccc(CC#N)cc3)CC2)c1. The van der Waals surface area contributed by atoms with Crippen LogP contribution in [-0.4, -0.2) is 74.6 Å². The highest BCUT2D eigenvalue weighted by atomic mass is 16.5. The number of rotatable bonds is 10. The van der Waals surface area contributed by atoms with Gasteiger partial charge in [0.25, 0.3) is 0 Å². The topological polar surface area (TPSA) is 78.2 Å². The van der Waals surface area contributed by atoms with Gasteiger partial charge in [-0.3, -0.25) is 9.80 Å². The Morgan fingerprint density at radius 1 is 0.968 bits per heavy atom. The number of benzene rings is 2. The number of nitriles is 1. The Morgan fingerprint density at radius 3 is 2.29 bits per heavy atom. The molecule has 1 heterocycles. The van der Waals surface area contributed by atoms with Crippen molar-refractivity contribution < 1.29 is 19.3 Å². The Balaban J connectivity index is 1.41. The molecule has 1 unspecified atom stereocenters. The summed E-state index contributed by atoms with van der Waals surface area (Å²) in [6.45, 7) is 5.28. The largest absolute Gasteiger partial charge is 0.497 e. The number of nitrogens with zero attached hydrogens (tertiary/aromatic N) is 3. The predicted octanol–water partition coefficient (Wildman–Crippen LogP) is 2.33. The molecule has 0 aromatic heterocycles. The second-order valence-electron chi connectivity index (χ2n) is 7.70. The lowest BCUT2D eigenvalue weighted by Crippen LogP contribution is -2.48. The maximum absolute atomic E-state index is 10.4. The highest BCUT2D eigenvalue weighted by molar-refractivity contribution is 5.40. The number of piperazine rings is 1. The summed E-state index contributed by atoms with van der Waals surface area (Å²) in [4.78, 5) is 4.66. The zero-order valence-electron chi connectivity index (χ0n) is 18.3. The van der Waals surface area contributed by atoms with Crippen LogP contribution in [0, 0.1) is 11.3 Å². The molecule has 0 bridgehead atoms. The summed E-state index contributed by atoms with van der Waals surface area (Å²) in [5.41, 5.74) is 2.07. The van der Waals surface area contributed by atoms with E-state index in [2.05, 4.69) is 15.9 Å². The van der Waals surface area contributed by atoms with Crippen LogP contribution < -0.4 is 14.2 Å². The molecule has 0 amide bonds. The van der Waals surface area contributed by atoms with Crippen LogP contribution in [-0.2, 0) is 13.0 Å². The third kappa shape index (κ3) is 6.86. The minimum absolute atomic E-state index is 0.249. The number of β-amino-alcohol motifs (C(OH)–C–C–N with tert-alkyl or cyclic N) is 1. The van der Waals surface area contributed by atoms with Crippen LogP contribution in [0.5, 0.6) is 17.2 Å². The van der Waals surface area contributed by atoms with Crippen molar-refractivity contribution in [3.8, 4) is 23.3 Å². The molecule has 31 heavy (non-hydrogen) atoms. The van der Waals surface area contributed by atoms with Crippen LogP contribution in [0.3, 0.4) is 0 Å². The van der Waals surface area contributed by atoms with Crippen molar-refractivity contribution in [1.29, 1.82) is 5.26 Å². The molecule has 7 heteroatoms. The summed E-state index contributed by atoms with van der Waals surface area (Å²) in [5, 5.41) is 19.1. The van der Waals surface area contributed by atoms with Gasteiger partial charge in [0.2, 0.25) is 0 Å². The average Bonchev–Trinajstić information content (AvgIpc) is 2.80. The lowest BCUT2D eigenvalue weighted by Gasteiger charge is -2.35. The van der Waals surface area contributed by atoms with E-state index in [0.29, 0.717) is 18.7 Å². The number of hydrogen-bond acceptors (Lipinski definition) is 7. The fourth-order valence-corrected chi connectivity index (χ4v) is 3.71. The molecule has 1 N–H and O–H groups in total. The summed E-state index contributed by atoms with van der Waals surface area (Å²) in [7, 11) is 3.36. The standard InChI is InChI=1S/C24H31N3O4/c1-29-23-7-8-24(30-2)20(15-23)16-26-11-13-27(14-12-26)17-21(28)18-31-22-5-3-19(4-6-22)9-10-25/h3-8,15,21,28H,9,11-14,16-18H2,1-2H3. The van der Waals surface area contributed by atoms with Gasteiger partial charge in [-0.25, -0.2) is 0 Å². The van der Waals surface area contributed by atoms with E-state index in [0.717, 1.165) is 55.3 Å². The molecule has 0 saturated carbocycles. The van der Waals surface area contributed by atoms with Crippen molar-refractivity contribution in [3.05, 3.63) is 53.6 Å². The molecule has 1 aliphatic heterocycles. The van der Waals surface area contributed by atoms with Crippen molar-refractivity contribution in [2.24, 2.45) is 0 Å². The molecule has 2 aromatic carbocycles. The first-order valence-electron chi connectivity index (χ1n) is 10.5. The molecule has 2 aromatic rings. The highest BCUT2D eigenvalue weighted by Gasteiger charge is 2.20. The van der Waals surface area contributed by atoms with E-state index in [1.165, 1.54) is 0 Å². The van der Waals surface area contributed by atoms with Crippen LogP contribution in [0.4, 0.5) is 0 Å². The zero-order valence-corrected chi connectivity index (χ0v) is 18.3. The van der Waals surface area contributed by atoms with Crippen LogP contribution in [0.15, 0.2) is 42.5 Å². The van der Waals surface area contributed by atoms with Gasteiger partial charge in [-0.05, 0) is 35.9 Å². The monoisotopic (exact) mass is 425 g/mol. The average molecular weight is 426 g/mol. The molecule has 1 aliphatic rings. The molecular formula is C24H31N3O4. The Bertz CT molecular complexity index is 858. The fourth-order valence-electron chi connectivity index (χ4n) is 3.71. The maximum Gasteiger partial charge on any atom is 0.123 e. The maximum atomic E-state index is 10.4. The number of aliphatic hydroxyl groups is 1. The van der Waals surface area contributed by atoms with Gasteiger partial charge in [0.1, 0.15) is 30.0 Å². The number of aliphatic hydroxyl groups excluding tert-OH is 1. The van der Waals surface area contributed by atoms with Crippen molar-refractivity contribution >= 4 is 0 Å². The van der Waals surface area contributed by atoms with Gasteiger partial charge < -0.3 is 19.3 Å². The Morgan fingerprint density at radius 2 is 1.65 bits per heavy atom. The molecule has 0 aliphatic carbocycles. The fraction of sp³-hybridized carbons (Fsp3) is 0.458. The normalized spacial score (nSPS) is 15.8. The summed E-state index contributed by atoms with van der Waals surface area (Å²) in [5.74, 6) is 2.41. The second-order valence-corrected chi connectivity index (χ2v) is 7.70. The van der Waals surface area contributed by atoms with E-state index in [-0.39, 0.29) is 6.61 Å². The predicted molar refractivity (Wildman–Crippen MR) is 119 cm³/mol. The number of methoxy groups -OCH3 is 2. The number of hydrogen-bond donors (Lipinski definition) is 1. The van der Waals surface area contributed by atoms with Crippen LogP contribution in [0.1, 0.15) is 11.1 Å². The lowest BCUT2D eigenvalue weighted by molar-refractivity contribution is 0.0445. The van der Waals surface area contributed by atoms with Gasteiger partial charge in [-0.1, -0.05) is 12.1 Å². The van der Waals surface area contributed by atoms with Gasteiger partial charge in [-0.15, -0.1) is 0 Å². The minimum atomic E-state index is -0.552. The minimum Gasteiger partial charge on any atom is -0.497 e. The first-order chi connectivity index (χ1) is 15.1. The summed E-state index contributed by atoms with van der Waals surface area (Å²) in [6.07, 6.45) is -0.164. The van der Waals surface area contributed by atoms with E-state index >= 15 is 0 Å². The molecule has 1 fully saturated rings. The summed E-state index contributed by atoms with van der Waals surface area (Å²) >= 11 is 0. The molecule has 1 saturated heterocycles. The van der Waals surface area contributed by atoms with Crippen molar-refractivity contribution in [2.75, 3.05) is 53.6 Å². The van der Waals surface area contributed by atoms with E-state index in [1.54, 1.807) is 14.2 Å². The van der Waals surface area contributed by atoms with E-state index < -0.39 is 6.10 Å². The Hall–Kier alpha value is -2.79. The van der Waals surface area contributed by atoms with Gasteiger partial charge in [0.05, 0.1) is 26.7 Å². The van der Waals surface area contributed by atoms with Crippen molar-refractivity contribution in [3.63, 3.8) is 0 Å². The second kappa shape index (κ2) is 11.6. The molecule has 166 valence electrons. The third-order valence-corrected chi connectivity index (χ3v) is 5.46.